The van der Waals surface area contributed by atoms with Gasteiger partial charge in [0.1, 0.15) is 0 Å². The largest absolute Gasteiger partial charge is 0.339 e. The Bertz CT molecular complexity index is 828. The third-order valence-electron chi connectivity index (χ3n) is 3.53. The highest BCUT2D eigenvalue weighted by Gasteiger charge is 2.22. The summed E-state index contributed by atoms with van der Waals surface area (Å²) < 4.78 is 7.08. The summed E-state index contributed by atoms with van der Waals surface area (Å²) in [6.07, 6.45) is 0. The van der Waals surface area contributed by atoms with Gasteiger partial charge in [-0.05, 0) is 35.4 Å². The van der Waals surface area contributed by atoms with Crippen molar-refractivity contribution in [3.8, 4) is 5.69 Å². The van der Waals surface area contributed by atoms with E-state index in [1.807, 2.05) is 52.8 Å². The van der Waals surface area contributed by atoms with Crippen LogP contribution in [0.25, 0.3) is 5.69 Å². The van der Waals surface area contributed by atoms with Gasteiger partial charge in [-0.15, -0.1) is 5.10 Å². The van der Waals surface area contributed by atoms with Crippen LogP contribution in [-0.2, 0) is 11.2 Å². The van der Waals surface area contributed by atoms with Gasteiger partial charge in [0.2, 0.25) is 11.0 Å². The van der Waals surface area contributed by atoms with Crippen molar-refractivity contribution in [2.75, 3.05) is 0 Å². The average molecular weight is 344 g/mol. The summed E-state index contributed by atoms with van der Waals surface area (Å²) in [4.78, 5) is 4.44. The van der Waals surface area contributed by atoms with E-state index in [1.165, 1.54) is 11.8 Å². The van der Waals surface area contributed by atoms with Gasteiger partial charge in [-0.2, -0.15) is 9.67 Å². The van der Waals surface area contributed by atoms with Gasteiger partial charge in [0.05, 0.1) is 11.4 Å². The number of hydrogen-bond acceptors (Lipinski definition) is 7. The normalized spacial score (nSPS) is 11.9. The van der Waals surface area contributed by atoms with E-state index in [2.05, 4.69) is 25.7 Å². The Morgan fingerprint density at radius 1 is 1.17 bits per heavy atom. The Kier molecular flexibility index (Phi) is 4.40. The van der Waals surface area contributed by atoms with Gasteiger partial charge in [-0.3, -0.25) is 0 Å². The summed E-state index contributed by atoms with van der Waals surface area (Å²) in [5.74, 6) is 1.82. The molecule has 0 spiro atoms. The van der Waals surface area contributed by atoms with Crippen molar-refractivity contribution >= 4 is 11.8 Å². The van der Waals surface area contributed by atoms with Crippen molar-refractivity contribution in [3.63, 3.8) is 0 Å². The lowest BCUT2D eigenvalue weighted by Gasteiger charge is -2.10. The number of thioether (sulfide) groups is 1. The van der Waals surface area contributed by atoms with E-state index >= 15 is 0 Å². The number of hydrogen-bond donors (Lipinski definition) is 0. The molecule has 0 saturated heterocycles. The zero-order valence-electron chi connectivity index (χ0n) is 14.4. The van der Waals surface area contributed by atoms with Crippen LogP contribution in [-0.4, -0.2) is 30.3 Å². The fourth-order valence-corrected chi connectivity index (χ4v) is 3.02. The molecule has 0 radical (unpaired) electrons. The Morgan fingerprint density at radius 2 is 1.88 bits per heavy atom. The molecule has 3 rings (SSSR count). The molecule has 7 nitrogen and oxygen atoms in total. The first-order chi connectivity index (χ1) is 11.4. The standard InChI is InChI=1S/C16H20N6OS/c1-10-7-6-8-11(2)13(10)22-15(18-20-21-22)24-9-12-17-14(23-19-12)16(3,4)5/h6-8H,9H2,1-5H3. The molecule has 0 bridgehead atoms. The van der Waals surface area contributed by atoms with Crippen LogP contribution in [0.15, 0.2) is 27.9 Å². The first-order valence-corrected chi connectivity index (χ1v) is 8.65. The molecule has 0 N–H and O–H groups in total. The lowest BCUT2D eigenvalue weighted by atomic mass is 9.97. The highest BCUT2D eigenvalue weighted by molar-refractivity contribution is 7.98. The molecule has 8 heteroatoms. The van der Waals surface area contributed by atoms with Crippen LogP contribution in [0, 0.1) is 13.8 Å². The predicted molar refractivity (Wildman–Crippen MR) is 91.2 cm³/mol. The Morgan fingerprint density at radius 3 is 2.50 bits per heavy atom. The van der Waals surface area contributed by atoms with Gasteiger partial charge < -0.3 is 4.52 Å². The average Bonchev–Trinajstić information content (AvgIpc) is 3.13. The summed E-state index contributed by atoms with van der Waals surface area (Å²) in [6, 6.07) is 6.12. The van der Waals surface area contributed by atoms with Crippen LogP contribution in [0.1, 0.15) is 43.6 Å². The van der Waals surface area contributed by atoms with Crippen molar-refractivity contribution in [1.29, 1.82) is 0 Å². The monoisotopic (exact) mass is 344 g/mol. The molecule has 2 aromatic heterocycles. The predicted octanol–water partition coefficient (Wildman–Crippen LogP) is 3.25. The number of aromatic nitrogens is 6. The lowest BCUT2D eigenvalue weighted by molar-refractivity contribution is 0.319. The third-order valence-corrected chi connectivity index (χ3v) is 4.45. The fraction of sp³-hybridized carbons (Fsp3) is 0.438. The summed E-state index contributed by atoms with van der Waals surface area (Å²) in [7, 11) is 0. The van der Waals surface area contributed by atoms with Crippen molar-refractivity contribution in [3.05, 3.63) is 41.0 Å². The van der Waals surface area contributed by atoms with Crippen LogP contribution < -0.4 is 0 Å². The molecule has 0 unspecified atom stereocenters. The number of rotatable bonds is 4. The Balaban J connectivity index is 1.81. The first-order valence-electron chi connectivity index (χ1n) is 7.67. The molecule has 0 fully saturated rings. The zero-order valence-corrected chi connectivity index (χ0v) is 15.3. The maximum atomic E-state index is 5.32. The van der Waals surface area contributed by atoms with E-state index in [-0.39, 0.29) is 5.41 Å². The quantitative estimate of drug-likeness (QED) is 0.672. The minimum Gasteiger partial charge on any atom is -0.339 e. The highest BCUT2D eigenvalue weighted by atomic mass is 32.2. The number of tetrazole rings is 1. The van der Waals surface area contributed by atoms with Gasteiger partial charge in [0.25, 0.3) is 0 Å². The summed E-state index contributed by atoms with van der Waals surface area (Å²) in [5, 5.41) is 16.8. The molecule has 0 aliphatic heterocycles. The van der Waals surface area contributed by atoms with E-state index in [0.717, 1.165) is 16.8 Å². The van der Waals surface area contributed by atoms with Crippen LogP contribution in [0.3, 0.4) is 0 Å². The molecule has 0 saturated carbocycles. The van der Waals surface area contributed by atoms with Gasteiger partial charge in [-0.1, -0.05) is 55.9 Å². The second-order valence-corrected chi connectivity index (χ2v) is 7.61. The Hall–Kier alpha value is -2.22. The van der Waals surface area contributed by atoms with Crippen molar-refractivity contribution in [1.82, 2.24) is 30.3 Å². The molecular weight excluding hydrogens is 324 g/mol. The molecule has 3 aromatic rings. The van der Waals surface area contributed by atoms with Crippen LogP contribution in [0.4, 0.5) is 0 Å². The van der Waals surface area contributed by atoms with E-state index in [4.69, 9.17) is 4.52 Å². The third kappa shape index (κ3) is 3.33. The van der Waals surface area contributed by atoms with Crippen molar-refractivity contribution < 1.29 is 4.52 Å². The van der Waals surface area contributed by atoms with Crippen molar-refractivity contribution in [2.45, 2.75) is 50.9 Å². The molecule has 0 amide bonds. The van der Waals surface area contributed by atoms with Gasteiger partial charge in [-0.25, -0.2) is 0 Å². The molecule has 0 atom stereocenters. The van der Waals surface area contributed by atoms with E-state index in [1.54, 1.807) is 4.68 Å². The zero-order chi connectivity index (χ0) is 17.3. The molecule has 0 aliphatic rings. The number of nitrogens with zero attached hydrogens (tertiary/aromatic N) is 6. The van der Waals surface area contributed by atoms with Gasteiger partial charge in [0.15, 0.2) is 5.82 Å². The second kappa shape index (κ2) is 6.35. The number of benzene rings is 1. The van der Waals surface area contributed by atoms with Crippen LogP contribution in [0.2, 0.25) is 0 Å². The van der Waals surface area contributed by atoms with E-state index < -0.39 is 0 Å². The summed E-state index contributed by atoms with van der Waals surface area (Å²) in [5.41, 5.74) is 3.10. The first kappa shape index (κ1) is 16.6. The van der Waals surface area contributed by atoms with Crippen molar-refractivity contribution in [2.24, 2.45) is 0 Å². The van der Waals surface area contributed by atoms with Gasteiger partial charge >= 0.3 is 0 Å². The minimum absolute atomic E-state index is 0.157. The van der Waals surface area contributed by atoms with Crippen LogP contribution in [0.5, 0.6) is 0 Å². The summed E-state index contributed by atoms with van der Waals surface area (Å²) in [6.45, 7) is 10.2. The number of para-hydroxylation sites is 1. The number of aryl methyl sites for hydroxylation is 2. The molecule has 24 heavy (non-hydrogen) atoms. The second-order valence-electron chi connectivity index (χ2n) is 6.67. The van der Waals surface area contributed by atoms with Gasteiger partial charge in [0, 0.05) is 5.41 Å². The Labute approximate surface area is 144 Å². The highest BCUT2D eigenvalue weighted by Crippen LogP contribution is 2.26. The maximum absolute atomic E-state index is 5.32. The SMILES string of the molecule is Cc1cccc(C)c1-n1nnnc1SCc1noc(C(C)(C)C)n1. The molecule has 2 heterocycles. The minimum atomic E-state index is -0.157. The van der Waals surface area contributed by atoms with Crippen LogP contribution >= 0.6 is 11.8 Å². The molecule has 0 aliphatic carbocycles. The molecular formula is C16H20N6OS. The lowest BCUT2D eigenvalue weighted by Crippen LogP contribution is -2.11. The molecule has 126 valence electrons. The maximum Gasteiger partial charge on any atom is 0.232 e. The molecule has 1 aromatic carbocycles. The summed E-state index contributed by atoms with van der Waals surface area (Å²) >= 11 is 1.48. The topological polar surface area (TPSA) is 82.5 Å². The van der Waals surface area contributed by atoms with E-state index in [0.29, 0.717) is 22.6 Å². The fourth-order valence-electron chi connectivity index (χ4n) is 2.30. The smallest absolute Gasteiger partial charge is 0.232 e. The van der Waals surface area contributed by atoms with E-state index in [9.17, 15) is 0 Å².